The predicted octanol–water partition coefficient (Wildman–Crippen LogP) is 5.37. The van der Waals surface area contributed by atoms with E-state index in [2.05, 4.69) is 0 Å². The monoisotopic (exact) mass is 1090 g/mol. The molecule has 1 aromatic rings. The highest BCUT2D eigenvalue weighted by atomic mass is 35.5. The van der Waals surface area contributed by atoms with Crippen LogP contribution in [0.2, 0.25) is 10.0 Å². The van der Waals surface area contributed by atoms with Gasteiger partial charge in [-0.3, -0.25) is 0 Å². The Morgan fingerprint density at radius 1 is 0.914 bits per heavy atom. The smallest absolute Gasteiger partial charge is 0.342 e. The largest absolute Gasteiger partial charge is 0.505 e. The highest BCUT2D eigenvalue weighted by molar-refractivity contribution is 7.59. The van der Waals surface area contributed by atoms with Gasteiger partial charge in [0.1, 0.15) is 47.2 Å². The fraction of sp³-hybridized carbons (Fsp3) is 0.625. The second-order valence-corrected chi connectivity index (χ2v) is 18.6. The van der Waals surface area contributed by atoms with Gasteiger partial charge >= 0.3 is 11.9 Å². The molecule has 2 saturated heterocycles. The molecule has 0 radical (unpaired) electrons. The van der Waals surface area contributed by atoms with Crippen molar-refractivity contribution in [2.45, 2.75) is 173 Å². The summed E-state index contributed by atoms with van der Waals surface area (Å²) in [6.45, 7) is 14.7. The SMILES string of the molecule is CCc1c(Cl)c(O)c(Cl)c(O)c1C(=O)O[C@H]1[C@H](O)[C@H](OC)[C@H](OC/C2=C\C=C\C[C@H](O)/C(C)=C/[C@H](CC)[C@@H](O[C@@H]3OC(C)(C)[C@@H](O)[C@H](O)[C@@H]3O)/C(C)=C/C(C)=C/C[C@@H]([C@@H](C)O)OC2=O)O[C@@H]1C.S.S.S. The molecule has 14 atom stereocenters. The van der Waals surface area contributed by atoms with Gasteiger partial charge in [-0.05, 0) is 90.5 Å². The summed E-state index contributed by atoms with van der Waals surface area (Å²) in [5.74, 6) is -3.68. The third-order valence-corrected chi connectivity index (χ3v) is 13.1. The molecule has 17 nitrogen and oxygen atoms in total. The summed E-state index contributed by atoms with van der Waals surface area (Å²) in [7, 11) is 1.26. The van der Waals surface area contributed by atoms with Crippen molar-refractivity contribution in [3.8, 4) is 11.5 Å². The van der Waals surface area contributed by atoms with Gasteiger partial charge in [-0.15, -0.1) is 0 Å². The predicted molar refractivity (Wildman–Crippen MR) is 278 cm³/mol. The summed E-state index contributed by atoms with van der Waals surface area (Å²) >= 11 is 12.3. The molecule has 0 amide bonds. The van der Waals surface area contributed by atoms with Gasteiger partial charge in [0.15, 0.2) is 30.2 Å². The molecule has 3 aliphatic rings. The number of methoxy groups -OCH3 is 1. The summed E-state index contributed by atoms with van der Waals surface area (Å²) < 4.78 is 41.5. The van der Waals surface area contributed by atoms with Crippen molar-refractivity contribution in [1.29, 1.82) is 0 Å². The van der Waals surface area contributed by atoms with Crippen molar-refractivity contribution in [2.24, 2.45) is 5.92 Å². The number of aromatic hydroxyl groups is 2. The minimum atomic E-state index is -1.57. The van der Waals surface area contributed by atoms with Crippen LogP contribution in [0.5, 0.6) is 11.5 Å². The Kier molecular flexibility index (Phi) is 27.1. The lowest BCUT2D eigenvalue weighted by Crippen LogP contribution is -2.63. The Morgan fingerprint density at radius 2 is 1.56 bits per heavy atom. The molecule has 8 N–H and O–H groups in total. The zero-order chi connectivity index (χ0) is 50.2. The molecule has 1 aromatic carbocycles. The second-order valence-electron chi connectivity index (χ2n) is 17.8. The van der Waals surface area contributed by atoms with E-state index < -0.39 is 126 Å². The van der Waals surface area contributed by atoms with Crippen molar-refractivity contribution >= 4 is 75.6 Å². The maximum absolute atomic E-state index is 13.9. The van der Waals surface area contributed by atoms with E-state index in [1.54, 1.807) is 39.8 Å². The van der Waals surface area contributed by atoms with Gasteiger partial charge in [0.05, 0.1) is 47.2 Å². The van der Waals surface area contributed by atoms with Crippen LogP contribution in [0.3, 0.4) is 0 Å². The molecular formula is C48H74Cl2O17S3. The number of carbonyl (C=O) groups is 2. The molecule has 0 saturated carbocycles. The highest BCUT2D eigenvalue weighted by Gasteiger charge is 2.50. The van der Waals surface area contributed by atoms with Gasteiger partial charge in [-0.2, -0.15) is 40.5 Å². The van der Waals surface area contributed by atoms with Crippen LogP contribution in [0.25, 0.3) is 0 Å². The van der Waals surface area contributed by atoms with E-state index >= 15 is 0 Å². The van der Waals surface area contributed by atoms with Crippen LogP contribution in [-0.4, -0.2) is 152 Å². The van der Waals surface area contributed by atoms with E-state index in [9.17, 15) is 50.4 Å². The first-order valence-electron chi connectivity index (χ1n) is 22.3. The average molecular weight is 1090 g/mol. The molecule has 70 heavy (non-hydrogen) atoms. The first-order chi connectivity index (χ1) is 31.4. The fourth-order valence-electron chi connectivity index (χ4n) is 8.14. The van der Waals surface area contributed by atoms with Crippen molar-refractivity contribution in [3.05, 3.63) is 79.9 Å². The van der Waals surface area contributed by atoms with Crippen LogP contribution in [0.1, 0.15) is 97.5 Å². The maximum atomic E-state index is 13.9. The van der Waals surface area contributed by atoms with Crippen LogP contribution in [0, 0.1) is 5.92 Å². The number of benzene rings is 1. The number of carbonyl (C=O) groups excluding carboxylic acids is 2. The Morgan fingerprint density at radius 3 is 2.14 bits per heavy atom. The lowest BCUT2D eigenvalue weighted by molar-refractivity contribution is -0.331. The summed E-state index contributed by atoms with van der Waals surface area (Å²) in [5, 5.41) is 85.7. The summed E-state index contributed by atoms with van der Waals surface area (Å²) in [5.41, 5.74) is 0.400. The molecule has 2 fully saturated rings. The van der Waals surface area contributed by atoms with Crippen LogP contribution >= 0.6 is 63.7 Å². The molecule has 4 rings (SSSR count). The lowest BCUT2D eigenvalue weighted by Gasteiger charge is -2.46. The van der Waals surface area contributed by atoms with Crippen molar-refractivity contribution in [2.75, 3.05) is 13.7 Å². The minimum absolute atomic E-state index is 0. The minimum Gasteiger partial charge on any atom is -0.505 e. The zero-order valence-electron chi connectivity index (χ0n) is 41.1. The number of phenols is 2. The number of phenolic OH excluding ortho intramolecular Hbond substituents is 2. The Labute approximate surface area is 441 Å². The quantitative estimate of drug-likeness (QED) is 0.102. The fourth-order valence-corrected chi connectivity index (χ4v) is 8.70. The molecule has 0 spiro atoms. The first kappa shape index (κ1) is 65.7. The second kappa shape index (κ2) is 28.9. The number of rotatable bonds is 11. The standard InChI is InChI=1S/C48H68Cl2O17.3H2S/c1-11-27-20-23(4)30(52)16-14-13-15-28(21-62-47-42(61-10)39(57)41(26(7)63-47)65-45(60)32-29(12-2)33(49)36(54)34(50)35(32)53)44(59)64-31(25(6)51)18-17-22(3)19-24(5)40(27)66-46-38(56)37(55)43(58)48(8,9)67-46;;;/h13-15,17,19-20,25-27,30-31,37-43,46-47,51-58H,11-12,16,18,21H2,1-10H3;3*1H2/b14-13+,22-17+,23-20+,24-19+,28-15+;;;/t25-,26-,27+,30+,31+,37-,38+,39+,40+,41-,42+,43+,46-,47-;;;/m1.../s1. The van der Waals surface area contributed by atoms with Gasteiger partial charge in [0, 0.05) is 19.4 Å². The number of ether oxygens (including phenoxy) is 7. The van der Waals surface area contributed by atoms with Crippen molar-refractivity contribution < 1.29 is 83.6 Å². The highest BCUT2D eigenvalue weighted by Crippen LogP contribution is 2.45. The number of hydrogen-bond donors (Lipinski definition) is 8. The van der Waals surface area contributed by atoms with Gasteiger partial charge in [-0.1, -0.05) is 73.0 Å². The topological polar surface area (TPSA) is 261 Å². The van der Waals surface area contributed by atoms with E-state index in [4.69, 9.17) is 56.4 Å². The van der Waals surface area contributed by atoms with E-state index in [-0.39, 0.29) is 81.8 Å². The average Bonchev–Trinajstić information content (AvgIpc) is 3.27. The van der Waals surface area contributed by atoms with Crippen LogP contribution < -0.4 is 0 Å². The zero-order valence-corrected chi connectivity index (χ0v) is 45.6. The number of halogens is 2. The first-order valence-corrected chi connectivity index (χ1v) is 23.1. The molecule has 3 aliphatic heterocycles. The number of hydrogen-bond acceptors (Lipinski definition) is 17. The van der Waals surface area contributed by atoms with Crippen LogP contribution in [-0.2, 0) is 44.4 Å². The number of cyclic esters (lactones) is 1. The van der Waals surface area contributed by atoms with E-state index in [0.29, 0.717) is 23.1 Å². The Bertz CT molecular complexity index is 2060. The van der Waals surface area contributed by atoms with Gasteiger partial charge < -0.3 is 74.0 Å². The summed E-state index contributed by atoms with van der Waals surface area (Å²) in [4.78, 5) is 27.3. The molecule has 400 valence electrons. The van der Waals surface area contributed by atoms with Crippen LogP contribution in [0.4, 0.5) is 0 Å². The number of aliphatic hydroxyl groups is 6. The Hall–Kier alpha value is -2.35. The van der Waals surface area contributed by atoms with E-state index in [1.165, 1.54) is 33.1 Å². The number of allylic oxidation sites excluding steroid dienone is 4. The summed E-state index contributed by atoms with van der Waals surface area (Å²) in [6.07, 6.45) is -5.33. The van der Waals surface area contributed by atoms with E-state index in [0.717, 1.165) is 0 Å². The van der Waals surface area contributed by atoms with Crippen molar-refractivity contribution in [1.82, 2.24) is 0 Å². The van der Waals surface area contributed by atoms with E-state index in [1.807, 2.05) is 32.9 Å². The van der Waals surface area contributed by atoms with Gasteiger partial charge in [0.2, 0.25) is 0 Å². The third-order valence-electron chi connectivity index (χ3n) is 12.3. The lowest BCUT2D eigenvalue weighted by atomic mass is 9.88. The number of esters is 2. The molecule has 0 aliphatic carbocycles. The third kappa shape index (κ3) is 15.8. The summed E-state index contributed by atoms with van der Waals surface area (Å²) in [6, 6.07) is 0. The number of aliphatic hydroxyl groups excluding tert-OH is 6. The van der Waals surface area contributed by atoms with Gasteiger partial charge in [-0.25, -0.2) is 9.59 Å². The molecule has 3 heterocycles. The van der Waals surface area contributed by atoms with Crippen molar-refractivity contribution in [3.63, 3.8) is 0 Å². The molecule has 0 bridgehead atoms. The molecular weight excluding hydrogens is 1020 g/mol. The van der Waals surface area contributed by atoms with Crippen LogP contribution in [0.15, 0.2) is 58.7 Å². The maximum Gasteiger partial charge on any atom is 0.342 e. The van der Waals surface area contributed by atoms with Gasteiger partial charge in [0.25, 0.3) is 0 Å². The molecule has 0 unspecified atom stereocenters. The molecule has 0 aromatic heterocycles. The molecule has 22 heteroatoms. The normalized spacial score (nSPS) is 35.0. The Balaban J connectivity index is 0.00000817.